The first kappa shape index (κ1) is 18.8. The number of fused-ring (bicyclic) bond motifs is 1. The fraction of sp³-hybridized carbons (Fsp3) is 0.333. The number of carbonyl (C=O) groups excluding carboxylic acids is 1. The van der Waals surface area contributed by atoms with Gasteiger partial charge in [-0.25, -0.2) is 4.98 Å². The third-order valence-corrected chi connectivity index (χ3v) is 5.36. The van der Waals surface area contributed by atoms with Crippen LogP contribution in [0.15, 0.2) is 42.7 Å². The third-order valence-electron chi connectivity index (χ3n) is 5.12. The summed E-state index contributed by atoms with van der Waals surface area (Å²) in [6.45, 7) is 5.13. The van der Waals surface area contributed by atoms with Gasteiger partial charge in [-0.2, -0.15) is 0 Å². The number of nitrogens with zero attached hydrogens (tertiary/aromatic N) is 2. The van der Waals surface area contributed by atoms with Crippen LogP contribution in [0.1, 0.15) is 22.8 Å². The van der Waals surface area contributed by atoms with Gasteiger partial charge in [0.2, 0.25) is 0 Å². The van der Waals surface area contributed by atoms with Gasteiger partial charge in [0.1, 0.15) is 5.52 Å². The highest BCUT2D eigenvalue weighted by molar-refractivity contribution is 6.30. The van der Waals surface area contributed by atoms with Crippen molar-refractivity contribution in [2.24, 2.45) is 0 Å². The molecule has 1 unspecified atom stereocenters. The second-order valence-electron chi connectivity index (χ2n) is 7.04. The van der Waals surface area contributed by atoms with Crippen molar-refractivity contribution in [2.45, 2.75) is 19.4 Å². The number of anilines is 1. The summed E-state index contributed by atoms with van der Waals surface area (Å²) >= 11 is 6.18. The molecular weight excluding hydrogens is 374 g/mol. The first-order valence-corrected chi connectivity index (χ1v) is 10.0. The molecule has 3 aromatic rings. The van der Waals surface area contributed by atoms with Gasteiger partial charge in [0.05, 0.1) is 17.5 Å². The van der Waals surface area contributed by atoms with Crippen molar-refractivity contribution in [1.29, 1.82) is 0 Å². The molecular formula is C21H24ClN5O. The summed E-state index contributed by atoms with van der Waals surface area (Å²) in [4.78, 5) is 22.5. The predicted molar refractivity (Wildman–Crippen MR) is 113 cm³/mol. The minimum atomic E-state index is -0.0678. The van der Waals surface area contributed by atoms with E-state index in [-0.39, 0.29) is 11.9 Å². The normalized spacial score (nSPS) is 17.1. The number of aromatic nitrogens is 2. The summed E-state index contributed by atoms with van der Waals surface area (Å²) in [5.41, 5.74) is 4.61. The van der Waals surface area contributed by atoms with Crippen molar-refractivity contribution < 1.29 is 4.79 Å². The Hall–Kier alpha value is -2.57. The number of H-pyrrole nitrogens is 1. The molecule has 3 N–H and O–H groups in total. The van der Waals surface area contributed by atoms with Gasteiger partial charge in [0, 0.05) is 42.8 Å². The van der Waals surface area contributed by atoms with Gasteiger partial charge in [-0.05, 0) is 43.2 Å². The Labute approximate surface area is 169 Å². The van der Waals surface area contributed by atoms with Crippen LogP contribution >= 0.6 is 11.6 Å². The first-order valence-electron chi connectivity index (χ1n) is 9.63. The van der Waals surface area contributed by atoms with E-state index in [9.17, 15) is 4.79 Å². The van der Waals surface area contributed by atoms with Gasteiger partial charge in [-0.1, -0.05) is 23.7 Å². The molecule has 0 bridgehead atoms. The van der Waals surface area contributed by atoms with Gasteiger partial charge in [0.15, 0.2) is 0 Å². The van der Waals surface area contributed by atoms with Crippen LogP contribution in [-0.4, -0.2) is 48.1 Å². The Balaban J connectivity index is 1.71. The zero-order chi connectivity index (χ0) is 19.5. The van der Waals surface area contributed by atoms with Crippen LogP contribution in [0.25, 0.3) is 11.0 Å². The molecule has 0 radical (unpaired) electrons. The van der Waals surface area contributed by atoms with Crippen LogP contribution in [-0.2, 0) is 6.42 Å². The SMILES string of the molecule is CCNC(=O)c1cc(N2CCNCC2Cc2cccc(Cl)c2)c2nc[nH]c2c1. The number of amides is 1. The lowest BCUT2D eigenvalue weighted by Gasteiger charge is -2.38. The van der Waals surface area contributed by atoms with Crippen LogP contribution in [0.5, 0.6) is 0 Å². The Bertz CT molecular complexity index is 986. The van der Waals surface area contributed by atoms with Crippen LogP contribution in [0.3, 0.4) is 0 Å². The largest absolute Gasteiger partial charge is 0.364 e. The summed E-state index contributed by atoms with van der Waals surface area (Å²) in [5.74, 6) is -0.0678. The van der Waals surface area contributed by atoms with E-state index in [0.717, 1.165) is 47.8 Å². The fourth-order valence-electron chi connectivity index (χ4n) is 3.84. The Morgan fingerprint density at radius 3 is 3.07 bits per heavy atom. The second-order valence-corrected chi connectivity index (χ2v) is 7.48. The predicted octanol–water partition coefficient (Wildman–Crippen LogP) is 2.99. The van der Waals surface area contributed by atoms with Crippen LogP contribution in [0.4, 0.5) is 5.69 Å². The van der Waals surface area contributed by atoms with Crippen molar-refractivity contribution in [3.63, 3.8) is 0 Å². The van der Waals surface area contributed by atoms with Gasteiger partial charge in [-0.15, -0.1) is 0 Å². The number of nitrogens with one attached hydrogen (secondary N) is 3. The molecule has 1 aliphatic heterocycles. The lowest BCUT2D eigenvalue weighted by Crippen LogP contribution is -2.52. The highest BCUT2D eigenvalue weighted by atomic mass is 35.5. The molecule has 1 aromatic heterocycles. The van der Waals surface area contributed by atoms with E-state index < -0.39 is 0 Å². The minimum absolute atomic E-state index is 0.0678. The number of carbonyl (C=O) groups is 1. The molecule has 146 valence electrons. The minimum Gasteiger partial charge on any atom is -0.364 e. The van der Waals surface area contributed by atoms with Crippen molar-refractivity contribution in [2.75, 3.05) is 31.1 Å². The molecule has 0 saturated carbocycles. The van der Waals surface area contributed by atoms with Crippen LogP contribution < -0.4 is 15.5 Å². The van der Waals surface area contributed by atoms with Crippen LogP contribution in [0, 0.1) is 0 Å². The number of halogens is 1. The molecule has 2 aromatic carbocycles. The molecule has 0 spiro atoms. The smallest absolute Gasteiger partial charge is 0.251 e. The maximum atomic E-state index is 12.5. The molecule has 0 aliphatic carbocycles. The number of piperazine rings is 1. The topological polar surface area (TPSA) is 73.1 Å². The van der Waals surface area contributed by atoms with E-state index in [0.29, 0.717) is 12.1 Å². The van der Waals surface area contributed by atoms with E-state index >= 15 is 0 Å². The maximum absolute atomic E-state index is 12.5. The van der Waals surface area contributed by atoms with Crippen molar-refractivity contribution in [1.82, 2.24) is 20.6 Å². The van der Waals surface area contributed by atoms with E-state index in [1.54, 1.807) is 6.33 Å². The lowest BCUT2D eigenvalue weighted by molar-refractivity contribution is 0.0956. The number of hydrogen-bond acceptors (Lipinski definition) is 4. The Morgan fingerprint density at radius 2 is 2.25 bits per heavy atom. The summed E-state index contributed by atoms with van der Waals surface area (Å²) in [7, 11) is 0. The Morgan fingerprint density at radius 1 is 1.36 bits per heavy atom. The van der Waals surface area contributed by atoms with Crippen molar-refractivity contribution >= 4 is 34.2 Å². The standard InChI is InChI=1S/C21H24ClN5O/c1-2-24-21(28)15-10-18-20(26-13-25-18)19(11-15)27-7-6-23-12-17(27)9-14-4-3-5-16(22)8-14/h3-5,8,10-11,13,17,23H,2,6-7,9,12H2,1H3,(H,24,28)(H,25,26). The summed E-state index contributed by atoms with van der Waals surface area (Å²) in [6, 6.07) is 12.1. The molecule has 1 atom stereocenters. The van der Waals surface area contributed by atoms with Gasteiger partial charge < -0.3 is 20.5 Å². The van der Waals surface area contributed by atoms with E-state index in [4.69, 9.17) is 11.6 Å². The summed E-state index contributed by atoms with van der Waals surface area (Å²) in [6.07, 6.45) is 2.55. The summed E-state index contributed by atoms with van der Waals surface area (Å²) < 4.78 is 0. The third kappa shape index (κ3) is 3.84. The zero-order valence-corrected chi connectivity index (χ0v) is 16.6. The second kappa shape index (κ2) is 8.20. The van der Waals surface area contributed by atoms with E-state index in [2.05, 4.69) is 31.6 Å². The maximum Gasteiger partial charge on any atom is 0.251 e. The lowest BCUT2D eigenvalue weighted by atomic mass is 10.0. The molecule has 1 saturated heterocycles. The molecule has 2 heterocycles. The first-order chi connectivity index (χ1) is 13.7. The van der Waals surface area contributed by atoms with Crippen molar-refractivity contribution in [3.8, 4) is 0 Å². The fourth-order valence-corrected chi connectivity index (χ4v) is 4.05. The highest BCUT2D eigenvalue weighted by Gasteiger charge is 2.26. The average molecular weight is 398 g/mol. The Kier molecular flexibility index (Phi) is 5.50. The quantitative estimate of drug-likeness (QED) is 0.618. The highest BCUT2D eigenvalue weighted by Crippen LogP contribution is 2.30. The molecule has 1 aliphatic rings. The molecule has 6 nitrogen and oxygen atoms in total. The number of benzene rings is 2. The van der Waals surface area contributed by atoms with Gasteiger partial charge >= 0.3 is 0 Å². The van der Waals surface area contributed by atoms with E-state index in [1.807, 2.05) is 37.3 Å². The van der Waals surface area contributed by atoms with E-state index in [1.165, 1.54) is 5.56 Å². The monoisotopic (exact) mass is 397 g/mol. The van der Waals surface area contributed by atoms with Gasteiger partial charge in [0.25, 0.3) is 5.91 Å². The molecule has 1 amide bonds. The molecule has 7 heteroatoms. The average Bonchev–Trinajstić information content (AvgIpc) is 3.17. The molecule has 28 heavy (non-hydrogen) atoms. The number of imidazole rings is 1. The molecule has 4 rings (SSSR count). The zero-order valence-electron chi connectivity index (χ0n) is 15.8. The van der Waals surface area contributed by atoms with Gasteiger partial charge in [-0.3, -0.25) is 4.79 Å². The number of hydrogen-bond donors (Lipinski definition) is 3. The number of aromatic amines is 1. The van der Waals surface area contributed by atoms with Crippen LogP contribution in [0.2, 0.25) is 5.02 Å². The summed E-state index contributed by atoms with van der Waals surface area (Å²) in [5, 5.41) is 7.12. The molecule has 1 fully saturated rings. The van der Waals surface area contributed by atoms with Crippen molar-refractivity contribution in [3.05, 3.63) is 58.9 Å². The number of rotatable bonds is 5.